The number of hydrogen-bond donors (Lipinski definition) is 2. The summed E-state index contributed by atoms with van der Waals surface area (Å²) in [5, 5.41) is 3.08. The highest BCUT2D eigenvalue weighted by Crippen LogP contribution is 2.39. The number of pyridine rings is 1. The molecule has 0 radical (unpaired) electrons. The fourth-order valence-electron chi connectivity index (χ4n) is 2.87. The number of para-hydroxylation sites is 1. The molecule has 0 aliphatic heterocycles. The van der Waals surface area contributed by atoms with Crippen molar-refractivity contribution in [2.75, 3.05) is 18.5 Å². The summed E-state index contributed by atoms with van der Waals surface area (Å²) in [6.07, 6.45) is 3.88. The van der Waals surface area contributed by atoms with Gasteiger partial charge in [-0.25, -0.2) is 4.98 Å². The van der Waals surface area contributed by atoms with E-state index in [-0.39, 0.29) is 11.4 Å². The van der Waals surface area contributed by atoms with Crippen molar-refractivity contribution in [1.29, 1.82) is 0 Å². The van der Waals surface area contributed by atoms with Crippen molar-refractivity contribution < 1.29 is 4.79 Å². The topological polar surface area (TPSA) is 71.2 Å². The van der Waals surface area contributed by atoms with Gasteiger partial charge in [-0.3, -0.25) is 4.79 Å². The molecule has 1 atom stereocenters. The van der Waals surface area contributed by atoms with Gasteiger partial charge in [0, 0.05) is 25.5 Å². The minimum Gasteiger partial charge on any atom is -0.345 e. The summed E-state index contributed by atoms with van der Waals surface area (Å²) in [5.41, 5.74) is 7.15. The molecule has 0 spiro atoms. The smallest absolute Gasteiger partial charge is 0.253 e. The van der Waals surface area contributed by atoms with Gasteiger partial charge in [0.25, 0.3) is 5.91 Å². The van der Waals surface area contributed by atoms with Crippen LogP contribution >= 0.6 is 0 Å². The lowest BCUT2D eigenvalue weighted by molar-refractivity contribution is 0.0897. The molecule has 0 bridgehead atoms. The molecule has 1 aliphatic carbocycles. The third kappa shape index (κ3) is 3.41. The number of aromatic nitrogens is 1. The molecule has 2 aromatic rings. The van der Waals surface area contributed by atoms with Crippen LogP contribution in [0.4, 0.5) is 11.5 Å². The number of nitrogens with one attached hydrogen (secondary N) is 1. The molecular formula is C19H24N4O. The maximum absolute atomic E-state index is 12.5. The minimum atomic E-state index is -0.323. The highest BCUT2D eigenvalue weighted by Gasteiger charge is 2.41. The maximum atomic E-state index is 12.5. The van der Waals surface area contributed by atoms with Gasteiger partial charge in [-0.1, -0.05) is 18.2 Å². The number of anilines is 2. The predicted molar refractivity (Wildman–Crippen MR) is 96.4 cm³/mol. The molecule has 5 heteroatoms. The Labute approximate surface area is 142 Å². The van der Waals surface area contributed by atoms with Crippen LogP contribution in [0.15, 0.2) is 48.7 Å². The van der Waals surface area contributed by atoms with Crippen molar-refractivity contribution in [3.63, 3.8) is 0 Å². The van der Waals surface area contributed by atoms with Crippen molar-refractivity contribution in [1.82, 2.24) is 10.3 Å². The second kappa shape index (κ2) is 6.61. The Balaban J connectivity index is 1.71. The highest BCUT2D eigenvalue weighted by atomic mass is 16.1. The number of carbonyl (C=O) groups excluding carboxylic acids is 1. The second-order valence-corrected chi connectivity index (χ2v) is 6.65. The number of amides is 1. The van der Waals surface area contributed by atoms with Gasteiger partial charge in [0.2, 0.25) is 0 Å². The Morgan fingerprint density at radius 1 is 1.29 bits per heavy atom. The van der Waals surface area contributed by atoms with Gasteiger partial charge in [-0.15, -0.1) is 0 Å². The SMILES string of the molecule is CN(c1ccccc1)c1ccc(C(=O)NC(C)(CN)C2CC2)cn1. The molecule has 1 saturated carbocycles. The molecule has 126 valence electrons. The Kier molecular flexibility index (Phi) is 4.53. The maximum Gasteiger partial charge on any atom is 0.253 e. The van der Waals surface area contributed by atoms with Crippen LogP contribution in [0.5, 0.6) is 0 Å². The fraction of sp³-hybridized carbons (Fsp3) is 0.368. The third-order valence-corrected chi connectivity index (χ3v) is 4.80. The number of carbonyl (C=O) groups is 1. The van der Waals surface area contributed by atoms with Crippen LogP contribution in [0.1, 0.15) is 30.1 Å². The van der Waals surface area contributed by atoms with E-state index in [1.54, 1.807) is 12.3 Å². The fourth-order valence-corrected chi connectivity index (χ4v) is 2.87. The lowest BCUT2D eigenvalue weighted by Gasteiger charge is -2.29. The van der Waals surface area contributed by atoms with E-state index in [2.05, 4.69) is 10.3 Å². The first-order valence-electron chi connectivity index (χ1n) is 8.31. The first kappa shape index (κ1) is 16.5. The van der Waals surface area contributed by atoms with E-state index in [0.717, 1.165) is 24.3 Å². The van der Waals surface area contributed by atoms with Crippen LogP contribution in [-0.2, 0) is 0 Å². The first-order chi connectivity index (χ1) is 11.5. The molecule has 24 heavy (non-hydrogen) atoms. The summed E-state index contributed by atoms with van der Waals surface area (Å²) in [7, 11) is 1.95. The zero-order chi connectivity index (χ0) is 17.2. The Morgan fingerprint density at radius 3 is 2.54 bits per heavy atom. The van der Waals surface area contributed by atoms with E-state index in [4.69, 9.17) is 5.73 Å². The third-order valence-electron chi connectivity index (χ3n) is 4.80. The van der Waals surface area contributed by atoms with Gasteiger partial charge in [0.05, 0.1) is 11.1 Å². The van der Waals surface area contributed by atoms with Gasteiger partial charge < -0.3 is 16.0 Å². The van der Waals surface area contributed by atoms with E-state index in [1.807, 2.05) is 55.3 Å². The zero-order valence-electron chi connectivity index (χ0n) is 14.2. The van der Waals surface area contributed by atoms with E-state index in [1.165, 1.54) is 0 Å². The van der Waals surface area contributed by atoms with Crippen molar-refractivity contribution >= 4 is 17.4 Å². The Hall–Kier alpha value is -2.40. The normalized spacial score (nSPS) is 16.3. The summed E-state index contributed by atoms with van der Waals surface area (Å²) in [5.74, 6) is 1.17. The van der Waals surface area contributed by atoms with Crippen LogP contribution in [-0.4, -0.2) is 30.0 Å². The molecule has 5 nitrogen and oxygen atoms in total. The van der Waals surface area contributed by atoms with Gasteiger partial charge in [-0.2, -0.15) is 0 Å². The molecule has 1 aliphatic rings. The summed E-state index contributed by atoms with van der Waals surface area (Å²) in [4.78, 5) is 18.9. The van der Waals surface area contributed by atoms with Crippen molar-refractivity contribution in [3.8, 4) is 0 Å². The predicted octanol–water partition coefficient (Wildman–Crippen LogP) is 2.71. The standard InChI is InChI=1S/C19H24N4O/c1-19(13-20,15-9-10-15)22-18(24)14-8-11-17(21-12-14)23(2)16-6-4-3-5-7-16/h3-8,11-12,15H,9-10,13,20H2,1-2H3,(H,22,24). The number of nitrogens with zero attached hydrogens (tertiary/aromatic N) is 2. The number of benzene rings is 1. The van der Waals surface area contributed by atoms with Crippen molar-refractivity contribution in [2.45, 2.75) is 25.3 Å². The molecular weight excluding hydrogens is 300 g/mol. The van der Waals surface area contributed by atoms with E-state index in [9.17, 15) is 4.79 Å². The van der Waals surface area contributed by atoms with Crippen LogP contribution in [0.25, 0.3) is 0 Å². The van der Waals surface area contributed by atoms with Crippen LogP contribution in [0.3, 0.4) is 0 Å². The van der Waals surface area contributed by atoms with E-state index < -0.39 is 0 Å². The molecule has 1 aromatic heterocycles. The molecule has 3 N–H and O–H groups in total. The molecule has 1 unspecified atom stereocenters. The molecule has 1 heterocycles. The van der Waals surface area contributed by atoms with Crippen LogP contribution < -0.4 is 16.0 Å². The molecule has 1 fully saturated rings. The average molecular weight is 324 g/mol. The summed E-state index contributed by atoms with van der Waals surface area (Å²) >= 11 is 0. The molecule has 1 aromatic carbocycles. The minimum absolute atomic E-state index is 0.115. The van der Waals surface area contributed by atoms with Gasteiger partial charge in [-0.05, 0) is 49.9 Å². The van der Waals surface area contributed by atoms with Gasteiger partial charge in [0.1, 0.15) is 5.82 Å². The summed E-state index contributed by atoms with van der Waals surface area (Å²) in [6, 6.07) is 13.7. The molecule has 1 amide bonds. The quantitative estimate of drug-likeness (QED) is 0.857. The lowest BCUT2D eigenvalue weighted by atomic mass is 9.95. The van der Waals surface area contributed by atoms with Crippen molar-refractivity contribution in [2.24, 2.45) is 11.7 Å². The van der Waals surface area contributed by atoms with Crippen molar-refractivity contribution in [3.05, 3.63) is 54.2 Å². The Bertz CT molecular complexity index is 697. The van der Waals surface area contributed by atoms with Crippen LogP contribution in [0, 0.1) is 5.92 Å². The summed E-state index contributed by atoms with van der Waals surface area (Å²) in [6.45, 7) is 2.47. The Morgan fingerprint density at radius 2 is 2.00 bits per heavy atom. The first-order valence-corrected chi connectivity index (χ1v) is 8.31. The van der Waals surface area contributed by atoms with E-state index >= 15 is 0 Å². The summed E-state index contributed by atoms with van der Waals surface area (Å²) < 4.78 is 0. The molecule has 3 rings (SSSR count). The number of nitrogens with two attached hydrogens (primary N) is 1. The highest BCUT2D eigenvalue weighted by molar-refractivity contribution is 5.94. The van der Waals surface area contributed by atoms with E-state index in [0.29, 0.717) is 18.0 Å². The van der Waals surface area contributed by atoms with Gasteiger partial charge >= 0.3 is 0 Å². The second-order valence-electron chi connectivity index (χ2n) is 6.65. The van der Waals surface area contributed by atoms with Gasteiger partial charge in [0.15, 0.2) is 0 Å². The number of hydrogen-bond acceptors (Lipinski definition) is 4. The van der Waals surface area contributed by atoms with Crippen LogP contribution in [0.2, 0.25) is 0 Å². The molecule has 0 saturated heterocycles. The largest absolute Gasteiger partial charge is 0.345 e. The average Bonchev–Trinajstić information content (AvgIpc) is 3.47. The monoisotopic (exact) mass is 324 g/mol. The zero-order valence-corrected chi connectivity index (χ0v) is 14.2. The lowest BCUT2D eigenvalue weighted by Crippen LogP contribution is -2.53. The number of rotatable bonds is 6.